The number of aliphatic hydroxyl groups is 1. The van der Waals surface area contributed by atoms with Crippen molar-refractivity contribution in [2.75, 3.05) is 26.7 Å². The molecule has 2 N–H and O–H groups in total. The van der Waals surface area contributed by atoms with Gasteiger partial charge in [0.05, 0.1) is 5.56 Å². The molecule has 0 aromatic heterocycles. The normalized spacial score (nSPS) is 18.4. The molecule has 1 amide bonds. The van der Waals surface area contributed by atoms with Crippen molar-refractivity contribution < 1.29 is 9.90 Å². The Hall–Kier alpha value is -1.83. The molecule has 0 radical (unpaired) electrons. The molecule has 0 bridgehead atoms. The van der Waals surface area contributed by atoms with Gasteiger partial charge in [0.25, 0.3) is 5.91 Å². The molecular weight excluding hydrogens is 252 g/mol. The summed E-state index contributed by atoms with van der Waals surface area (Å²) in [7, 11) is 2.05. The lowest BCUT2D eigenvalue weighted by molar-refractivity contribution is 0.0938. The van der Waals surface area contributed by atoms with E-state index in [9.17, 15) is 4.79 Å². The van der Waals surface area contributed by atoms with Crippen molar-refractivity contribution in [3.63, 3.8) is 0 Å². The number of likely N-dealkylation sites (N-methyl/N-ethyl adjacent to an activating group) is 1. The Morgan fingerprint density at radius 3 is 3.00 bits per heavy atom. The van der Waals surface area contributed by atoms with Gasteiger partial charge in [0.1, 0.15) is 6.61 Å². The van der Waals surface area contributed by atoms with Crippen LogP contribution in [0.2, 0.25) is 0 Å². The third-order valence-corrected chi connectivity index (χ3v) is 3.45. The smallest absolute Gasteiger partial charge is 0.252 e. The fourth-order valence-corrected chi connectivity index (χ4v) is 2.41. The fraction of sp³-hybridized carbons (Fsp3) is 0.438. The molecule has 2 rings (SSSR count). The topological polar surface area (TPSA) is 52.6 Å². The molecule has 1 atom stereocenters. The molecule has 1 saturated heterocycles. The van der Waals surface area contributed by atoms with E-state index in [0.717, 1.165) is 25.1 Å². The molecule has 1 aliphatic heterocycles. The second kappa shape index (κ2) is 6.56. The summed E-state index contributed by atoms with van der Waals surface area (Å²) in [5.41, 5.74) is 2.27. The monoisotopic (exact) mass is 272 g/mol. The molecule has 0 saturated carbocycles. The van der Waals surface area contributed by atoms with E-state index in [1.54, 1.807) is 0 Å². The van der Waals surface area contributed by atoms with Gasteiger partial charge in [-0.3, -0.25) is 4.79 Å². The molecule has 106 valence electrons. The number of aliphatic hydroxyl groups excluding tert-OH is 1. The van der Waals surface area contributed by atoms with Crippen molar-refractivity contribution in [2.45, 2.75) is 19.4 Å². The van der Waals surface area contributed by atoms with Crippen molar-refractivity contribution in [1.82, 2.24) is 10.2 Å². The molecule has 1 aromatic rings. The Bertz CT molecular complexity index is 557. The molecule has 1 heterocycles. The summed E-state index contributed by atoms with van der Waals surface area (Å²) in [4.78, 5) is 14.6. The molecule has 20 heavy (non-hydrogen) atoms. The number of rotatable bonds is 2. The van der Waals surface area contributed by atoms with Crippen molar-refractivity contribution in [1.29, 1.82) is 0 Å². The van der Waals surface area contributed by atoms with Crippen LogP contribution < -0.4 is 5.32 Å². The van der Waals surface area contributed by atoms with Crippen molar-refractivity contribution in [2.24, 2.45) is 0 Å². The number of benzene rings is 1. The first-order chi connectivity index (χ1) is 9.60. The molecule has 1 fully saturated rings. The number of carbonyl (C=O) groups is 1. The summed E-state index contributed by atoms with van der Waals surface area (Å²) in [6.07, 6.45) is 0.978. The molecule has 1 unspecified atom stereocenters. The number of aryl methyl sites for hydroxylation is 1. The lowest BCUT2D eigenvalue weighted by atomic mass is 10.0. The first-order valence-electron chi connectivity index (χ1n) is 6.80. The summed E-state index contributed by atoms with van der Waals surface area (Å²) in [5.74, 6) is 5.34. The highest BCUT2D eigenvalue weighted by molar-refractivity contribution is 5.97. The van der Waals surface area contributed by atoms with Gasteiger partial charge in [0, 0.05) is 18.2 Å². The SMILES string of the molecule is Cc1ccc(C#CCO)c(C(=O)NC2CCN(C)C2)c1. The van der Waals surface area contributed by atoms with Crippen LogP contribution in [0.15, 0.2) is 18.2 Å². The number of carbonyl (C=O) groups excluding carboxylic acids is 1. The molecule has 1 aromatic carbocycles. The van der Waals surface area contributed by atoms with Gasteiger partial charge in [0.2, 0.25) is 0 Å². The second-order valence-electron chi connectivity index (χ2n) is 5.23. The van der Waals surface area contributed by atoms with E-state index in [4.69, 9.17) is 5.11 Å². The zero-order valence-electron chi connectivity index (χ0n) is 11.9. The van der Waals surface area contributed by atoms with E-state index in [0.29, 0.717) is 11.1 Å². The van der Waals surface area contributed by atoms with Gasteiger partial charge in [0.15, 0.2) is 0 Å². The van der Waals surface area contributed by atoms with Gasteiger partial charge in [-0.25, -0.2) is 0 Å². The van der Waals surface area contributed by atoms with Gasteiger partial charge in [-0.05, 0) is 39.1 Å². The summed E-state index contributed by atoms with van der Waals surface area (Å²) in [5, 5.41) is 11.8. The summed E-state index contributed by atoms with van der Waals surface area (Å²) < 4.78 is 0. The first kappa shape index (κ1) is 14.6. The van der Waals surface area contributed by atoms with E-state index in [-0.39, 0.29) is 18.6 Å². The maximum atomic E-state index is 12.4. The molecule has 4 heteroatoms. The first-order valence-corrected chi connectivity index (χ1v) is 6.80. The zero-order chi connectivity index (χ0) is 14.5. The fourth-order valence-electron chi connectivity index (χ4n) is 2.41. The lowest BCUT2D eigenvalue weighted by Gasteiger charge is -2.14. The lowest BCUT2D eigenvalue weighted by Crippen LogP contribution is -2.36. The minimum Gasteiger partial charge on any atom is -0.384 e. The molecule has 1 aliphatic rings. The van der Waals surface area contributed by atoms with Gasteiger partial charge >= 0.3 is 0 Å². The maximum Gasteiger partial charge on any atom is 0.252 e. The molecule has 0 aliphatic carbocycles. The number of likely N-dealkylation sites (tertiary alicyclic amines) is 1. The summed E-state index contributed by atoms with van der Waals surface area (Å²) in [6.45, 7) is 3.64. The van der Waals surface area contributed by atoms with E-state index < -0.39 is 0 Å². The summed E-state index contributed by atoms with van der Waals surface area (Å²) >= 11 is 0. The van der Waals surface area contributed by atoms with Crippen LogP contribution in [0.25, 0.3) is 0 Å². The quantitative estimate of drug-likeness (QED) is 0.782. The third kappa shape index (κ3) is 3.60. The number of hydrogen-bond acceptors (Lipinski definition) is 3. The number of nitrogens with one attached hydrogen (secondary N) is 1. The number of nitrogens with zero attached hydrogens (tertiary/aromatic N) is 1. The predicted octanol–water partition coefficient (Wildman–Crippen LogP) is 0.773. The zero-order valence-corrected chi connectivity index (χ0v) is 11.9. The number of hydrogen-bond donors (Lipinski definition) is 2. The average molecular weight is 272 g/mol. The van der Waals surface area contributed by atoms with Crippen LogP contribution in [0, 0.1) is 18.8 Å². The van der Waals surface area contributed by atoms with Crippen LogP contribution in [0.3, 0.4) is 0 Å². The third-order valence-electron chi connectivity index (χ3n) is 3.45. The standard InChI is InChI=1S/C16H20N2O2/c1-12-5-6-13(4-3-9-19)15(10-12)16(20)17-14-7-8-18(2)11-14/h5-6,10,14,19H,7-9,11H2,1-2H3,(H,17,20). The van der Waals surface area contributed by atoms with Crippen molar-refractivity contribution >= 4 is 5.91 Å². The molecule has 4 nitrogen and oxygen atoms in total. The molecular formula is C16H20N2O2. The minimum absolute atomic E-state index is 0.0868. The van der Waals surface area contributed by atoms with Crippen LogP contribution >= 0.6 is 0 Å². The van der Waals surface area contributed by atoms with Crippen LogP contribution in [-0.2, 0) is 0 Å². The van der Waals surface area contributed by atoms with E-state index >= 15 is 0 Å². The van der Waals surface area contributed by atoms with E-state index in [2.05, 4.69) is 29.1 Å². The van der Waals surface area contributed by atoms with Crippen LogP contribution in [-0.4, -0.2) is 48.7 Å². The van der Waals surface area contributed by atoms with Crippen LogP contribution in [0.5, 0.6) is 0 Å². The highest BCUT2D eigenvalue weighted by Gasteiger charge is 2.22. The maximum absolute atomic E-state index is 12.4. The number of amides is 1. The Labute approximate surface area is 119 Å². The predicted molar refractivity (Wildman–Crippen MR) is 78.5 cm³/mol. The van der Waals surface area contributed by atoms with Crippen molar-refractivity contribution in [3.8, 4) is 11.8 Å². The average Bonchev–Trinajstić information content (AvgIpc) is 2.82. The largest absolute Gasteiger partial charge is 0.384 e. The highest BCUT2D eigenvalue weighted by atomic mass is 16.2. The van der Waals surface area contributed by atoms with Crippen LogP contribution in [0.4, 0.5) is 0 Å². The minimum atomic E-state index is -0.206. The second-order valence-corrected chi connectivity index (χ2v) is 5.23. The van der Waals surface area contributed by atoms with E-state index in [1.165, 1.54) is 0 Å². The molecule has 0 spiro atoms. The van der Waals surface area contributed by atoms with Gasteiger partial charge in [-0.1, -0.05) is 23.5 Å². The Morgan fingerprint density at radius 1 is 1.55 bits per heavy atom. The highest BCUT2D eigenvalue weighted by Crippen LogP contribution is 2.13. The summed E-state index contributed by atoms with van der Waals surface area (Å²) in [6, 6.07) is 5.79. The van der Waals surface area contributed by atoms with Gasteiger partial charge in [-0.15, -0.1) is 0 Å². The Morgan fingerprint density at radius 2 is 2.35 bits per heavy atom. The van der Waals surface area contributed by atoms with Gasteiger partial charge < -0.3 is 15.3 Å². The Balaban J connectivity index is 2.17. The van der Waals surface area contributed by atoms with E-state index in [1.807, 2.05) is 25.1 Å². The van der Waals surface area contributed by atoms with Crippen LogP contribution in [0.1, 0.15) is 27.9 Å². The van der Waals surface area contributed by atoms with Gasteiger partial charge in [-0.2, -0.15) is 0 Å². The van der Waals surface area contributed by atoms with Crippen molar-refractivity contribution in [3.05, 3.63) is 34.9 Å². The Kier molecular flexibility index (Phi) is 4.78.